The molecule has 0 unspecified atom stereocenters. The van der Waals surface area contributed by atoms with Gasteiger partial charge in [-0.25, -0.2) is 22.2 Å². The quantitative estimate of drug-likeness (QED) is 0.875. The average molecular weight is 306 g/mol. The largest absolute Gasteiger partial charge is 0.391 e. The van der Waals surface area contributed by atoms with Gasteiger partial charge in [-0.05, 0) is 25.0 Å². The number of sulfonamides is 1. The number of rotatable bonds is 4. The molecular formula is C12H16F2N2O3S. The first-order chi connectivity index (χ1) is 9.45. The molecule has 0 amide bonds. The maximum Gasteiger partial charge on any atom is 0.256 e. The number of aliphatic hydroxyl groups excluding tert-OH is 1. The minimum absolute atomic E-state index is 0.550. The molecule has 2 N–H and O–H groups in total. The van der Waals surface area contributed by atoms with E-state index in [1.807, 2.05) is 0 Å². The van der Waals surface area contributed by atoms with Crippen molar-refractivity contribution in [3.05, 3.63) is 29.3 Å². The molecule has 0 saturated carbocycles. The molecule has 0 aliphatic carbocycles. The van der Waals surface area contributed by atoms with Crippen molar-refractivity contribution in [3.63, 3.8) is 0 Å². The molecular weight excluding hydrogens is 290 g/mol. The van der Waals surface area contributed by atoms with Crippen LogP contribution in [0.25, 0.3) is 0 Å². The summed E-state index contributed by atoms with van der Waals surface area (Å²) in [7, 11) is -4.12. The maximum atomic E-state index is 13.9. The van der Waals surface area contributed by atoms with Gasteiger partial charge in [-0.15, -0.1) is 4.83 Å². The van der Waals surface area contributed by atoms with Gasteiger partial charge in [0.25, 0.3) is 10.0 Å². The smallest absolute Gasteiger partial charge is 0.256 e. The van der Waals surface area contributed by atoms with Crippen molar-refractivity contribution in [1.29, 1.82) is 0 Å². The average Bonchev–Trinajstić information content (AvgIpc) is 2.39. The van der Waals surface area contributed by atoms with Gasteiger partial charge in [0.05, 0.1) is 12.2 Å². The minimum atomic E-state index is -4.12. The fourth-order valence-corrected chi connectivity index (χ4v) is 3.36. The number of aliphatic hydroxyl groups is 1. The third-order valence-corrected chi connectivity index (χ3v) is 4.60. The number of piperidine rings is 1. The Hall–Kier alpha value is -1.09. The molecule has 112 valence electrons. The lowest BCUT2D eigenvalue weighted by molar-refractivity contribution is 0.199. The highest BCUT2D eigenvalue weighted by Gasteiger charge is 2.25. The van der Waals surface area contributed by atoms with E-state index >= 15 is 0 Å². The van der Waals surface area contributed by atoms with Gasteiger partial charge in [0, 0.05) is 13.1 Å². The molecule has 1 heterocycles. The zero-order chi connectivity index (χ0) is 14.8. The van der Waals surface area contributed by atoms with E-state index in [9.17, 15) is 17.2 Å². The van der Waals surface area contributed by atoms with Crippen molar-refractivity contribution in [3.8, 4) is 0 Å². The summed E-state index contributed by atoms with van der Waals surface area (Å²) in [5.74, 6) is -2.22. The molecule has 20 heavy (non-hydrogen) atoms. The Kier molecular flexibility index (Phi) is 4.69. The molecule has 0 spiro atoms. The zero-order valence-corrected chi connectivity index (χ0v) is 11.6. The molecule has 1 aromatic carbocycles. The molecule has 5 nitrogen and oxygen atoms in total. The van der Waals surface area contributed by atoms with E-state index in [2.05, 4.69) is 4.83 Å². The maximum absolute atomic E-state index is 13.9. The lowest BCUT2D eigenvalue weighted by Gasteiger charge is -2.26. The Balaban J connectivity index is 2.29. The molecule has 0 radical (unpaired) electrons. The van der Waals surface area contributed by atoms with Gasteiger partial charge in [-0.2, -0.15) is 0 Å². The number of hydrogen-bond acceptors (Lipinski definition) is 4. The molecule has 1 fully saturated rings. The highest BCUT2D eigenvalue weighted by atomic mass is 32.2. The van der Waals surface area contributed by atoms with Crippen LogP contribution in [0, 0.1) is 11.6 Å². The van der Waals surface area contributed by atoms with Crippen LogP contribution in [0.15, 0.2) is 17.0 Å². The first-order valence-corrected chi connectivity index (χ1v) is 7.79. The molecule has 0 bridgehead atoms. The Morgan fingerprint density at radius 1 is 1.20 bits per heavy atom. The Labute approximate surface area is 116 Å². The zero-order valence-electron chi connectivity index (χ0n) is 10.8. The summed E-state index contributed by atoms with van der Waals surface area (Å²) in [6.45, 7) is 0.203. The van der Waals surface area contributed by atoms with Crippen LogP contribution in [-0.4, -0.2) is 31.6 Å². The molecule has 2 rings (SSSR count). The summed E-state index contributed by atoms with van der Waals surface area (Å²) < 4.78 is 51.4. The van der Waals surface area contributed by atoms with Crippen molar-refractivity contribution >= 4 is 10.0 Å². The van der Waals surface area contributed by atoms with Crippen molar-refractivity contribution in [2.75, 3.05) is 13.1 Å². The van der Waals surface area contributed by atoms with Crippen LogP contribution in [-0.2, 0) is 16.6 Å². The van der Waals surface area contributed by atoms with Crippen LogP contribution >= 0.6 is 0 Å². The summed E-state index contributed by atoms with van der Waals surface area (Å²) in [6.07, 6.45) is 2.74. The normalized spacial score (nSPS) is 17.4. The highest BCUT2D eigenvalue weighted by Crippen LogP contribution is 2.21. The molecule has 1 aromatic rings. The number of nitrogens with one attached hydrogen (secondary N) is 1. The fraction of sp³-hybridized carbons (Fsp3) is 0.500. The van der Waals surface area contributed by atoms with E-state index in [0.717, 1.165) is 31.4 Å². The summed E-state index contributed by atoms with van der Waals surface area (Å²) >= 11 is 0. The van der Waals surface area contributed by atoms with E-state index in [1.165, 1.54) is 5.01 Å². The first kappa shape index (κ1) is 15.3. The molecule has 0 aromatic heterocycles. The number of benzene rings is 1. The van der Waals surface area contributed by atoms with E-state index in [1.54, 1.807) is 0 Å². The molecule has 8 heteroatoms. The van der Waals surface area contributed by atoms with Crippen LogP contribution in [0.2, 0.25) is 0 Å². The predicted molar refractivity (Wildman–Crippen MR) is 68.0 cm³/mol. The van der Waals surface area contributed by atoms with Crippen molar-refractivity contribution < 1.29 is 22.3 Å². The monoisotopic (exact) mass is 306 g/mol. The van der Waals surface area contributed by atoms with Crippen molar-refractivity contribution in [2.24, 2.45) is 0 Å². The van der Waals surface area contributed by atoms with Gasteiger partial charge in [0.15, 0.2) is 5.82 Å². The van der Waals surface area contributed by atoms with Crippen LogP contribution in [0.4, 0.5) is 8.78 Å². The van der Waals surface area contributed by atoms with Gasteiger partial charge in [-0.3, -0.25) is 0 Å². The van der Waals surface area contributed by atoms with Gasteiger partial charge >= 0.3 is 0 Å². The number of hydrogen-bond donors (Lipinski definition) is 2. The molecule has 1 aliphatic rings. The van der Waals surface area contributed by atoms with Crippen LogP contribution in [0.1, 0.15) is 24.8 Å². The van der Waals surface area contributed by atoms with E-state index in [4.69, 9.17) is 5.11 Å². The third-order valence-electron chi connectivity index (χ3n) is 3.20. The number of nitrogens with zero attached hydrogens (tertiary/aromatic N) is 1. The number of halogens is 2. The van der Waals surface area contributed by atoms with E-state index in [0.29, 0.717) is 13.1 Å². The Bertz CT molecular complexity index is 587. The highest BCUT2D eigenvalue weighted by molar-refractivity contribution is 7.89. The predicted octanol–water partition coefficient (Wildman–Crippen LogP) is 1.14. The summed E-state index contributed by atoms with van der Waals surface area (Å²) in [6, 6.07) is 1.69. The summed E-state index contributed by atoms with van der Waals surface area (Å²) in [5.41, 5.74) is -0.647. The second kappa shape index (κ2) is 6.13. The third kappa shape index (κ3) is 3.14. The summed E-state index contributed by atoms with van der Waals surface area (Å²) in [4.78, 5) is 1.63. The lowest BCUT2D eigenvalue weighted by atomic mass is 10.2. The molecule has 1 aliphatic heterocycles. The van der Waals surface area contributed by atoms with Gasteiger partial charge in [-0.1, -0.05) is 6.42 Å². The van der Waals surface area contributed by atoms with Gasteiger partial charge in [0.1, 0.15) is 10.7 Å². The topological polar surface area (TPSA) is 69.6 Å². The number of hydrazine groups is 1. The van der Waals surface area contributed by atoms with Crippen LogP contribution in [0.5, 0.6) is 0 Å². The minimum Gasteiger partial charge on any atom is -0.391 e. The van der Waals surface area contributed by atoms with E-state index < -0.39 is 38.7 Å². The lowest BCUT2D eigenvalue weighted by Crippen LogP contribution is -2.45. The van der Waals surface area contributed by atoms with Crippen molar-refractivity contribution in [2.45, 2.75) is 30.8 Å². The van der Waals surface area contributed by atoms with Crippen LogP contribution < -0.4 is 4.83 Å². The van der Waals surface area contributed by atoms with E-state index in [-0.39, 0.29) is 0 Å². The fourth-order valence-electron chi connectivity index (χ4n) is 2.13. The Morgan fingerprint density at radius 3 is 2.45 bits per heavy atom. The molecule has 0 atom stereocenters. The van der Waals surface area contributed by atoms with Crippen molar-refractivity contribution in [1.82, 2.24) is 9.84 Å². The van der Waals surface area contributed by atoms with Gasteiger partial charge in [0.2, 0.25) is 0 Å². The standard InChI is InChI=1S/C12H16F2N2O3S/c13-10-4-5-11(12(14)9(10)8-17)20(18,19)15-16-6-2-1-3-7-16/h4-5,15,17H,1-3,6-8H2. The second-order valence-electron chi connectivity index (χ2n) is 4.64. The summed E-state index contributed by atoms with van der Waals surface area (Å²) in [5, 5.41) is 10.4. The van der Waals surface area contributed by atoms with Crippen LogP contribution in [0.3, 0.4) is 0 Å². The SMILES string of the molecule is O=S(=O)(NN1CCCCC1)c1ccc(F)c(CO)c1F. The molecule has 1 saturated heterocycles. The second-order valence-corrected chi connectivity index (χ2v) is 6.27. The Morgan fingerprint density at radius 2 is 1.85 bits per heavy atom. The van der Waals surface area contributed by atoms with Gasteiger partial charge < -0.3 is 5.11 Å². The first-order valence-electron chi connectivity index (χ1n) is 6.31.